The van der Waals surface area contributed by atoms with Crippen LogP contribution >= 0.6 is 7.60 Å². The number of aryl methyl sites for hydroxylation is 1. The Hall–Kier alpha value is -1.20. The quantitative estimate of drug-likeness (QED) is 0.323. The van der Waals surface area contributed by atoms with Crippen LogP contribution in [0.15, 0.2) is 24.3 Å². The van der Waals surface area contributed by atoms with E-state index in [-0.39, 0.29) is 6.42 Å². The van der Waals surface area contributed by atoms with Gasteiger partial charge < -0.3 is 20.8 Å². The lowest BCUT2D eigenvalue weighted by Crippen LogP contribution is -2.38. The highest BCUT2D eigenvalue weighted by Crippen LogP contribution is 2.42. The number of nitrogens with two attached hydrogens (primary N) is 1. The Kier molecular flexibility index (Phi) is 10.1. The summed E-state index contributed by atoms with van der Waals surface area (Å²) in [6, 6.07) is 6.70. The predicted molar refractivity (Wildman–Crippen MR) is 106 cm³/mol. The molecule has 6 nitrogen and oxygen atoms in total. The van der Waals surface area contributed by atoms with E-state index in [0.717, 1.165) is 18.4 Å². The zero-order chi connectivity index (χ0) is 19.6. The maximum Gasteiger partial charge on any atom is 0.328 e. The van der Waals surface area contributed by atoms with E-state index < -0.39 is 25.2 Å². The summed E-state index contributed by atoms with van der Waals surface area (Å²) in [6.45, 7) is 3.60. The van der Waals surface area contributed by atoms with Gasteiger partial charge in [-0.05, 0) is 37.0 Å². The molecule has 5 N–H and O–H groups in total. The molecule has 2 atom stereocenters. The summed E-state index contributed by atoms with van der Waals surface area (Å²) >= 11 is 0. The molecule has 0 saturated carbocycles. The first-order valence-electron chi connectivity index (χ1n) is 9.44. The SMILES string of the molecule is CCCCCCCCc1cccc(NC(=O)[C@H](N)CC(C)P(=O)(O)O)c1. The van der Waals surface area contributed by atoms with Crippen LogP contribution < -0.4 is 11.1 Å². The number of carbonyl (C=O) groups is 1. The van der Waals surface area contributed by atoms with Crippen LogP contribution in [0.5, 0.6) is 0 Å². The van der Waals surface area contributed by atoms with Crippen molar-refractivity contribution in [3.05, 3.63) is 29.8 Å². The number of hydrogen-bond acceptors (Lipinski definition) is 3. The van der Waals surface area contributed by atoms with Gasteiger partial charge in [-0.3, -0.25) is 9.36 Å². The van der Waals surface area contributed by atoms with Crippen LogP contribution in [0.4, 0.5) is 5.69 Å². The van der Waals surface area contributed by atoms with Crippen molar-refractivity contribution >= 4 is 19.2 Å². The van der Waals surface area contributed by atoms with Crippen molar-refractivity contribution in [2.24, 2.45) is 5.73 Å². The van der Waals surface area contributed by atoms with Crippen molar-refractivity contribution in [1.29, 1.82) is 0 Å². The molecule has 1 aromatic carbocycles. The fraction of sp³-hybridized carbons (Fsp3) is 0.632. The Labute approximate surface area is 156 Å². The van der Waals surface area contributed by atoms with E-state index in [1.165, 1.54) is 39.0 Å². The minimum absolute atomic E-state index is 0.0619. The summed E-state index contributed by atoms with van der Waals surface area (Å²) in [5, 5.41) is 2.74. The van der Waals surface area contributed by atoms with E-state index in [4.69, 9.17) is 15.5 Å². The molecule has 0 fully saturated rings. The fourth-order valence-corrected chi connectivity index (χ4v) is 3.26. The first kappa shape index (κ1) is 22.8. The number of rotatable bonds is 12. The molecule has 0 aromatic heterocycles. The largest absolute Gasteiger partial charge is 0.328 e. The Balaban J connectivity index is 2.47. The number of anilines is 1. The zero-order valence-electron chi connectivity index (χ0n) is 15.9. The summed E-state index contributed by atoms with van der Waals surface area (Å²) in [4.78, 5) is 30.4. The molecular formula is C19H33N2O4P. The Morgan fingerprint density at radius 1 is 1.19 bits per heavy atom. The van der Waals surface area contributed by atoms with Gasteiger partial charge in [0.1, 0.15) is 0 Å². The van der Waals surface area contributed by atoms with Gasteiger partial charge in [0, 0.05) is 5.69 Å². The van der Waals surface area contributed by atoms with E-state index in [0.29, 0.717) is 5.69 Å². The molecule has 1 amide bonds. The maximum absolute atomic E-state index is 12.2. The van der Waals surface area contributed by atoms with E-state index >= 15 is 0 Å². The molecule has 0 radical (unpaired) electrons. The summed E-state index contributed by atoms with van der Waals surface area (Å²) in [6.07, 6.45) is 8.33. The number of benzene rings is 1. The van der Waals surface area contributed by atoms with Crippen LogP contribution in [0.3, 0.4) is 0 Å². The molecule has 7 heteroatoms. The highest BCUT2D eigenvalue weighted by atomic mass is 31.2. The minimum Gasteiger partial charge on any atom is -0.325 e. The number of hydrogen-bond donors (Lipinski definition) is 4. The third kappa shape index (κ3) is 8.95. The Morgan fingerprint density at radius 3 is 2.50 bits per heavy atom. The third-order valence-electron chi connectivity index (χ3n) is 4.52. The van der Waals surface area contributed by atoms with Gasteiger partial charge >= 0.3 is 7.60 Å². The Bertz CT molecular complexity index is 603. The van der Waals surface area contributed by atoms with E-state index in [2.05, 4.69) is 12.2 Å². The molecular weight excluding hydrogens is 351 g/mol. The Morgan fingerprint density at radius 2 is 1.85 bits per heavy atom. The average molecular weight is 384 g/mol. The average Bonchev–Trinajstić information content (AvgIpc) is 2.57. The molecule has 0 saturated heterocycles. The summed E-state index contributed by atoms with van der Waals surface area (Å²) in [7, 11) is -4.22. The summed E-state index contributed by atoms with van der Waals surface area (Å²) in [5.41, 5.74) is 6.67. The first-order valence-corrected chi connectivity index (χ1v) is 11.1. The van der Waals surface area contributed by atoms with Gasteiger partial charge in [0.25, 0.3) is 0 Å². The fourth-order valence-electron chi connectivity index (χ4n) is 2.76. The predicted octanol–water partition coefficient (Wildman–Crippen LogP) is 3.81. The van der Waals surface area contributed by atoms with Crippen molar-refractivity contribution in [2.75, 3.05) is 5.32 Å². The van der Waals surface area contributed by atoms with Gasteiger partial charge in [-0.15, -0.1) is 0 Å². The van der Waals surface area contributed by atoms with Crippen molar-refractivity contribution in [1.82, 2.24) is 0 Å². The standard InChI is InChI=1S/C19H33N2O4P/c1-3-4-5-6-7-8-10-16-11-9-12-17(14-16)21-19(22)18(20)13-15(2)26(23,24)25/h9,11-12,14-15,18H,3-8,10,13,20H2,1-2H3,(H,21,22)(H2,23,24,25)/t15?,18-/m1/s1. The molecule has 0 aliphatic rings. The summed E-state index contributed by atoms with van der Waals surface area (Å²) < 4.78 is 11.2. The highest BCUT2D eigenvalue weighted by Gasteiger charge is 2.28. The smallest absolute Gasteiger partial charge is 0.325 e. The van der Waals surface area contributed by atoms with Gasteiger partial charge in [0.15, 0.2) is 0 Å². The molecule has 148 valence electrons. The topological polar surface area (TPSA) is 113 Å². The van der Waals surface area contributed by atoms with E-state index in [1.54, 1.807) is 6.07 Å². The molecule has 1 rings (SSSR count). The van der Waals surface area contributed by atoms with Gasteiger partial charge in [0.2, 0.25) is 5.91 Å². The van der Waals surface area contributed by atoms with Crippen molar-refractivity contribution in [3.8, 4) is 0 Å². The third-order valence-corrected chi connectivity index (χ3v) is 5.88. The maximum atomic E-state index is 12.2. The van der Waals surface area contributed by atoms with Crippen LogP contribution in [0.2, 0.25) is 0 Å². The molecule has 0 bridgehead atoms. The normalized spacial score (nSPS) is 14.0. The first-order chi connectivity index (χ1) is 12.2. The molecule has 0 spiro atoms. The molecule has 26 heavy (non-hydrogen) atoms. The lowest BCUT2D eigenvalue weighted by molar-refractivity contribution is -0.117. The molecule has 1 unspecified atom stereocenters. The summed E-state index contributed by atoms with van der Waals surface area (Å²) in [5.74, 6) is -0.429. The van der Waals surface area contributed by atoms with Crippen molar-refractivity contribution in [2.45, 2.75) is 76.9 Å². The van der Waals surface area contributed by atoms with Crippen LogP contribution in [-0.4, -0.2) is 27.4 Å². The van der Waals surface area contributed by atoms with Gasteiger partial charge in [-0.25, -0.2) is 0 Å². The number of unbranched alkanes of at least 4 members (excludes halogenated alkanes) is 5. The van der Waals surface area contributed by atoms with Gasteiger partial charge in [-0.2, -0.15) is 0 Å². The van der Waals surface area contributed by atoms with E-state index in [1.807, 2.05) is 18.2 Å². The minimum atomic E-state index is -4.22. The second kappa shape index (κ2) is 11.5. The van der Waals surface area contributed by atoms with Crippen molar-refractivity contribution in [3.63, 3.8) is 0 Å². The van der Waals surface area contributed by atoms with Crippen LogP contribution in [0.1, 0.15) is 64.4 Å². The molecule has 1 aromatic rings. The van der Waals surface area contributed by atoms with Gasteiger partial charge in [-0.1, -0.05) is 58.1 Å². The number of amides is 1. The highest BCUT2D eigenvalue weighted by molar-refractivity contribution is 7.52. The molecule has 0 heterocycles. The number of carbonyl (C=O) groups excluding carboxylic acids is 1. The second-order valence-corrected chi connectivity index (χ2v) is 9.05. The second-order valence-electron chi connectivity index (χ2n) is 6.99. The van der Waals surface area contributed by atoms with Gasteiger partial charge in [0.05, 0.1) is 11.7 Å². The van der Waals surface area contributed by atoms with Crippen LogP contribution in [0.25, 0.3) is 0 Å². The van der Waals surface area contributed by atoms with E-state index in [9.17, 15) is 9.36 Å². The monoisotopic (exact) mass is 384 g/mol. The van der Waals surface area contributed by atoms with Crippen LogP contribution in [-0.2, 0) is 15.8 Å². The number of nitrogens with one attached hydrogen (secondary N) is 1. The molecule has 0 aliphatic heterocycles. The zero-order valence-corrected chi connectivity index (χ0v) is 16.8. The van der Waals surface area contributed by atoms with Crippen molar-refractivity contribution < 1.29 is 19.1 Å². The van der Waals surface area contributed by atoms with Crippen LogP contribution in [0, 0.1) is 0 Å². The molecule has 0 aliphatic carbocycles. The lowest BCUT2D eigenvalue weighted by atomic mass is 10.0. The lowest BCUT2D eigenvalue weighted by Gasteiger charge is -2.18.